The molecule has 0 aliphatic carbocycles. The van der Waals surface area contributed by atoms with E-state index in [4.69, 9.17) is 0 Å². The minimum atomic E-state index is 0.123. The molecule has 0 aromatic heterocycles. The van der Waals surface area contributed by atoms with Gasteiger partial charge in [-0.15, -0.1) is 5.11 Å². The van der Waals surface area contributed by atoms with Crippen molar-refractivity contribution in [2.24, 2.45) is 15.8 Å². The van der Waals surface area contributed by atoms with Gasteiger partial charge in [-0.25, -0.2) is 5.12 Å². The third kappa shape index (κ3) is 1.44. The summed E-state index contributed by atoms with van der Waals surface area (Å²) in [7, 11) is 1.84. The number of nitrogens with one attached hydrogen (secondary N) is 1. The van der Waals surface area contributed by atoms with Crippen LogP contribution in [-0.2, 0) is 0 Å². The zero-order valence-corrected chi connectivity index (χ0v) is 6.92. The number of rotatable bonds is 0. The van der Waals surface area contributed by atoms with Crippen molar-refractivity contribution in [3.8, 4) is 0 Å². The smallest absolute Gasteiger partial charge is 0.145 e. The molecular weight excluding hydrogens is 128 g/mol. The molecule has 1 atom stereocenters. The Morgan fingerprint density at radius 2 is 2.00 bits per heavy atom. The van der Waals surface area contributed by atoms with Crippen LogP contribution in [0.25, 0.3) is 0 Å². The third-order valence-electron chi connectivity index (χ3n) is 1.43. The zero-order valence-electron chi connectivity index (χ0n) is 6.92. The molecule has 4 heteroatoms. The van der Waals surface area contributed by atoms with Crippen LogP contribution in [0.1, 0.15) is 20.8 Å². The Balaban J connectivity index is 2.55. The molecule has 1 heterocycles. The molecule has 0 fully saturated rings. The second-order valence-electron chi connectivity index (χ2n) is 3.63. The van der Waals surface area contributed by atoms with Crippen LogP contribution < -0.4 is 5.43 Å². The molecule has 4 nitrogen and oxygen atoms in total. The van der Waals surface area contributed by atoms with Gasteiger partial charge in [0.1, 0.15) is 6.17 Å². The van der Waals surface area contributed by atoms with Gasteiger partial charge >= 0.3 is 0 Å². The van der Waals surface area contributed by atoms with Crippen molar-refractivity contribution in [3.63, 3.8) is 0 Å². The van der Waals surface area contributed by atoms with Gasteiger partial charge in [0.2, 0.25) is 0 Å². The summed E-state index contributed by atoms with van der Waals surface area (Å²) >= 11 is 0. The molecule has 1 aliphatic heterocycles. The van der Waals surface area contributed by atoms with Crippen molar-refractivity contribution < 1.29 is 0 Å². The van der Waals surface area contributed by atoms with Crippen molar-refractivity contribution in [2.45, 2.75) is 26.9 Å². The zero-order chi connectivity index (χ0) is 7.78. The van der Waals surface area contributed by atoms with Crippen LogP contribution >= 0.6 is 0 Å². The average Bonchev–Trinajstić information content (AvgIpc) is 2.11. The minimum absolute atomic E-state index is 0.123. The normalized spacial score (nSPS) is 26.0. The highest BCUT2D eigenvalue weighted by Crippen LogP contribution is 2.22. The summed E-state index contributed by atoms with van der Waals surface area (Å²) in [6.07, 6.45) is 0.123. The number of nitrogens with zero attached hydrogens (tertiary/aromatic N) is 3. The van der Waals surface area contributed by atoms with Crippen LogP contribution in [0.5, 0.6) is 0 Å². The topological polar surface area (TPSA) is 40.0 Å². The van der Waals surface area contributed by atoms with Crippen LogP contribution in [-0.4, -0.2) is 18.3 Å². The summed E-state index contributed by atoms with van der Waals surface area (Å²) in [5.41, 5.74) is 3.24. The van der Waals surface area contributed by atoms with E-state index in [9.17, 15) is 0 Å². The Morgan fingerprint density at radius 1 is 1.40 bits per heavy atom. The van der Waals surface area contributed by atoms with Crippen LogP contribution in [0.2, 0.25) is 0 Å². The predicted octanol–water partition coefficient (Wildman–Crippen LogP) is 1.18. The highest BCUT2D eigenvalue weighted by atomic mass is 15.8. The lowest BCUT2D eigenvalue weighted by Crippen LogP contribution is -2.40. The standard InChI is InChI=1S/C6H14N4/c1-6(2,3)5-7-9-10(4)8-5/h5,8H,1-4H3. The molecule has 10 heavy (non-hydrogen) atoms. The first-order chi connectivity index (χ1) is 4.50. The van der Waals surface area contributed by atoms with Crippen molar-refractivity contribution >= 4 is 0 Å². The molecule has 1 rings (SSSR count). The quantitative estimate of drug-likeness (QED) is 0.551. The maximum absolute atomic E-state index is 4.03. The Bertz CT molecular complexity index is 146. The molecule has 0 aromatic carbocycles. The molecule has 0 spiro atoms. The molecule has 1 unspecified atom stereocenters. The lowest BCUT2D eigenvalue weighted by Gasteiger charge is -2.23. The summed E-state index contributed by atoms with van der Waals surface area (Å²) in [4.78, 5) is 0. The number of hydrogen-bond acceptors (Lipinski definition) is 4. The molecule has 58 valence electrons. The van der Waals surface area contributed by atoms with E-state index in [-0.39, 0.29) is 11.6 Å². The second-order valence-corrected chi connectivity index (χ2v) is 3.63. The van der Waals surface area contributed by atoms with E-state index in [0.717, 1.165) is 0 Å². The average molecular weight is 142 g/mol. The summed E-state index contributed by atoms with van der Waals surface area (Å²) in [6, 6.07) is 0. The van der Waals surface area contributed by atoms with E-state index in [2.05, 4.69) is 36.5 Å². The van der Waals surface area contributed by atoms with Gasteiger partial charge in [-0.05, 0) is 0 Å². The highest BCUT2D eigenvalue weighted by molar-refractivity contribution is 4.77. The van der Waals surface area contributed by atoms with Gasteiger partial charge in [0.15, 0.2) is 0 Å². The maximum Gasteiger partial charge on any atom is 0.145 e. The fourth-order valence-corrected chi connectivity index (χ4v) is 0.725. The lowest BCUT2D eigenvalue weighted by molar-refractivity contribution is 0.193. The van der Waals surface area contributed by atoms with Crippen LogP contribution in [0.3, 0.4) is 0 Å². The lowest BCUT2D eigenvalue weighted by atomic mass is 9.93. The fraction of sp³-hybridized carbons (Fsp3) is 1.00. The molecule has 0 aromatic rings. The maximum atomic E-state index is 4.03. The van der Waals surface area contributed by atoms with Crippen molar-refractivity contribution in [1.29, 1.82) is 0 Å². The van der Waals surface area contributed by atoms with Gasteiger partial charge in [0.25, 0.3) is 0 Å². The third-order valence-corrected chi connectivity index (χ3v) is 1.43. The van der Waals surface area contributed by atoms with Crippen molar-refractivity contribution in [1.82, 2.24) is 10.5 Å². The first kappa shape index (κ1) is 7.47. The number of hydrazine groups is 1. The van der Waals surface area contributed by atoms with Gasteiger partial charge in [0.05, 0.1) is 0 Å². The summed E-state index contributed by atoms with van der Waals surface area (Å²) in [5, 5.41) is 9.49. The van der Waals surface area contributed by atoms with Gasteiger partial charge in [-0.3, -0.25) is 0 Å². The molecule has 0 radical (unpaired) electrons. The molecular formula is C6H14N4. The van der Waals surface area contributed by atoms with Gasteiger partial charge in [0, 0.05) is 12.5 Å². The SMILES string of the molecule is CN1N=NC(C(C)(C)C)N1. The molecule has 0 bridgehead atoms. The van der Waals surface area contributed by atoms with Crippen LogP contribution in [0.15, 0.2) is 10.3 Å². The van der Waals surface area contributed by atoms with Crippen LogP contribution in [0.4, 0.5) is 0 Å². The monoisotopic (exact) mass is 142 g/mol. The predicted molar refractivity (Wildman–Crippen MR) is 39.0 cm³/mol. The van der Waals surface area contributed by atoms with E-state index in [1.165, 1.54) is 0 Å². The highest BCUT2D eigenvalue weighted by Gasteiger charge is 2.28. The van der Waals surface area contributed by atoms with E-state index in [1.54, 1.807) is 5.12 Å². The molecule has 0 amide bonds. The van der Waals surface area contributed by atoms with E-state index < -0.39 is 0 Å². The second kappa shape index (κ2) is 2.20. The largest absolute Gasteiger partial charge is 0.212 e. The van der Waals surface area contributed by atoms with Gasteiger partial charge in [-0.2, -0.15) is 5.43 Å². The van der Waals surface area contributed by atoms with Crippen LogP contribution in [0, 0.1) is 5.41 Å². The van der Waals surface area contributed by atoms with E-state index >= 15 is 0 Å². The summed E-state index contributed by atoms with van der Waals surface area (Å²) in [6.45, 7) is 6.38. The first-order valence-electron chi connectivity index (χ1n) is 3.41. The van der Waals surface area contributed by atoms with Crippen molar-refractivity contribution in [2.75, 3.05) is 7.05 Å². The molecule has 1 N–H and O–H groups in total. The summed E-state index contributed by atoms with van der Waals surface area (Å²) < 4.78 is 0. The number of hydrogen-bond donors (Lipinski definition) is 1. The Hall–Kier alpha value is -0.640. The van der Waals surface area contributed by atoms with Crippen molar-refractivity contribution in [3.05, 3.63) is 0 Å². The van der Waals surface area contributed by atoms with Gasteiger partial charge < -0.3 is 0 Å². The van der Waals surface area contributed by atoms with E-state index in [1.807, 2.05) is 7.05 Å². The Morgan fingerprint density at radius 3 is 2.20 bits per heavy atom. The fourth-order valence-electron chi connectivity index (χ4n) is 0.725. The summed E-state index contributed by atoms with van der Waals surface area (Å²) in [5.74, 6) is 0. The Kier molecular flexibility index (Phi) is 1.64. The molecule has 1 aliphatic rings. The first-order valence-corrected chi connectivity index (χ1v) is 3.41. The van der Waals surface area contributed by atoms with E-state index in [0.29, 0.717) is 0 Å². The molecule has 0 saturated heterocycles. The minimum Gasteiger partial charge on any atom is -0.212 e. The van der Waals surface area contributed by atoms with Gasteiger partial charge in [-0.1, -0.05) is 26.0 Å². The molecule has 0 saturated carbocycles. The Labute approximate surface area is 61.3 Å².